The summed E-state index contributed by atoms with van der Waals surface area (Å²) in [5, 5.41) is 3.01. The highest BCUT2D eigenvalue weighted by Crippen LogP contribution is 2.22. The number of amides is 1. The molecule has 2 rings (SSSR count). The normalized spacial score (nSPS) is 12.0. The molecule has 0 aliphatic carbocycles. The molecular weight excluding hydrogens is 411 g/mol. The summed E-state index contributed by atoms with van der Waals surface area (Å²) in [6.45, 7) is 1.52. The van der Waals surface area contributed by atoms with E-state index < -0.39 is 23.6 Å². The second-order valence-electron chi connectivity index (χ2n) is 4.46. The third-order valence-corrected chi connectivity index (χ3v) is 4.53. The van der Waals surface area contributed by atoms with E-state index in [-0.39, 0.29) is 5.56 Å². The lowest BCUT2D eigenvalue weighted by Crippen LogP contribution is -2.28. The number of carbonyl (C=O) groups excluding carboxylic acids is 1. The van der Waals surface area contributed by atoms with Crippen LogP contribution in [0.3, 0.4) is 0 Å². The van der Waals surface area contributed by atoms with Gasteiger partial charge in [0.05, 0.1) is 11.1 Å². The van der Waals surface area contributed by atoms with Gasteiger partial charge < -0.3 is 5.32 Å². The first kappa shape index (κ1) is 16.2. The maximum Gasteiger partial charge on any atom is 0.251 e. The fourth-order valence-electron chi connectivity index (χ4n) is 1.91. The summed E-state index contributed by atoms with van der Waals surface area (Å²) in [6, 6.07) is 7.62. The average molecular weight is 422 g/mol. The minimum atomic E-state index is -0.795. The zero-order valence-corrected chi connectivity index (χ0v) is 13.9. The van der Waals surface area contributed by atoms with Gasteiger partial charge in [0.1, 0.15) is 11.6 Å². The molecule has 1 amide bonds. The number of carbonyl (C=O) groups is 1. The first-order valence-electron chi connectivity index (χ1n) is 6.10. The number of hydrogen-bond acceptors (Lipinski definition) is 1. The molecule has 21 heavy (non-hydrogen) atoms. The molecule has 2 aromatic rings. The molecule has 0 spiro atoms. The van der Waals surface area contributed by atoms with Gasteiger partial charge in [-0.05, 0) is 59.8 Å². The topological polar surface area (TPSA) is 29.1 Å². The summed E-state index contributed by atoms with van der Waals surface area (Å²) in [4.78, 5) is 12.1. The van der Waals surface area contributed by atoms with Crippen molar-refractivity contribution in [2.75, 3.05) is 0 Å². The largest absolute Gasteiger partial charge is 0.345 e. The quantitative estimate of drug-likeness (QED) is 0.714. The van der Waals surface area contributed by atoms with Crippen LogP contribution in [0.2, 0.25) is 5.02 Å². The van der Waals surface area contributed by atoms with Crippen molar-refractivity contribution in [1.29, 1.82) is 0 Å². The van der Waals surface area contributed by atoms with Gasteiger partial charge in [-0.2, -0.15) is 0 Å². The lowest BCUT2D eigenvalue weighted by molar-refractivity contribution is 0.0939. The minimum absolute atomic E-state index is 0.164. The highest BCUT2D eigenvalue weighted by atomic mass is 127. The van der Waals surface area contributed by atoms with Crippen LogP contribution in [0.15, 0.2) is 36.4 Å². The lowest BCUT2D eigenvalue weighted by atomic mass is 10.1. The van der Waals surface area contributed by atoms with E-state index in [4.69, 9.17) is 11.6 Å². The molecule has 2 nitrogen and oxygen atoms in total. The summed E-state index contributed by atoms with van der Waals surface area (Å²) < 4.78 is 28.1. The molecule has 6 heteroatoms. The van der Waals surface area contributed by atoms with E-state index in [0.29, 0.717) is 10.6 Å². The Morgan fingerprint density at radius 3 is 2.43 bits per heavy atom. The molecule has 0 bridgehead atoms. The first-order chi connectivity index (χ1) is 9.90. The zero-order chi connectivity index (χ0) is 15.6. The maximum atomic E-state index is 13.7. The molecular formula is C15H11ClF2INO. The summed E-state index contributed by atoms with van der Waals surface area (Å²) in [5.41, 5.74) is 0.173. The second kappa shape index (κ2) is 6.70. The molecule has 0 radical (unpaired) electrons. The van der Waals surface area contributed by atoms with Gasteiger partial charge in [-0.25, -0.2) is 8.78 Å². The van der Waals surface area contributed by atoms with Crippen molar-refractivity contribution < 1.29 is 13.6 Å². The number of rotatable bonds is 3. The Kier molecular flexibility index (Phi) is 5.16. The van der Waals surface area contributed by atoms with E-state index in [1.807, 2.05) is 22.6 Å². The molecule has 1 unspecified atom stereocenters. The zero-order valence-electron chi connectivity index (χ0n) is 11.0. The summed E-state index contributed by atoms with van der Waals surface area (Å²) in [6.07, 6.45) is 0. The number of nitrogens with one attached hydrogen (secondary N) is 1. The maximum absolute atomic E-state index is 13.7. The van der Waals surface area contributed by atoms with Crippen molar-refractivity contribution in [3.8, 4) is 0 Å². The smallest absolute Gasteiger partial charge is 0.251 e. The molecule has 0 saturated heterocycles. The Balaban J connectivity index is 2.21. The monoisotopic (exact) mass is 421 g/mol. The Morgan fingerprint density at radius 2 is 1.86 bits per heavy atom. The van der Waals surface area contributed by atoms with Gasteiger partial charge in [0, 0.05) is 14.7 Å². The van der Waals surface area contributed by atoms with E-state index in [1.165, 1.54) is 19.1 Å². The van der Waals surface area contributed by atoms with Gasteiger partial charge in [-0.3, -0.25) is 4.79 Å². The Morgan fingerprint density at radius 1 is 1.24 bits per heavy atom. The van der Waals surface area contributed by atoms with Gasteiger partial charge >= 0.3 is 0 Å². The van der Waals surface area contributed by atoms with Crippen LogP contribution in [-0.4, -0.2) is 5.91 Å². The molecule has 0 fully saturated rings. The molecule has 1 atom stereocenters. The van der Waals surface area contributed by atoms with E-state index in [1.54, 1.807) is 12.1 Å². The van der Waals surface area contributed by atoms with Gasteiger partial charge in [-0.15, -0.1) is 0 Å². The SMILES string of the molecule is CC(NC(=O)c1ccc(I)c(Cl)c1)c1c(F)cccc1F. The Labute approximate surface area is 139 Å². The average Bonchev–Trinajstić information content (AvgIpc) is 2.41. The Bertz CT molecular complexity index is 673. The first-order valence-corrected chi connectivity index (χ1v) is 7.55. The predicted octanol–water partition coefficient (Wildman–Crippen LogP) is 4.71. The highest BCUT2D eigenvalue weighted by molar-refractivity contribution is 14.1. The van der Waals surface area contributed by atoms with Crippen LogP contribution >= 0.6 is 34.2 Å². The summed E-state index contributed by atoms with van der Waals surface area (Å²) in [5.74, 6) is -1.82. The van der Waals surface area contributed by atoms with Gasteiger partial charge in [0.15, 0.2) is 0 Å². The molecule has 0 heterocycles. The fourth-order valence-corrected chi connectivity index (χ4v) is 2.43. The van der Waals surface area contributed by atoms with E-state index in [0.717, 1.165) is 15.7 Å². The van der Waals surface area contributed by atoms with Gasteiger partial charge in [0.25, 0.3) is 5.91 Å². The highest BCUT2D eigenvalue weighted by Gasteiger charge is 2.18. The number of benzene rings is 2. The minimum Gasteiger partial charge on any atom is -0.345 e. The van der Waals surface area contributed by atoms with Crippen molar-refractivity contribution in [3.05, 3.63) is 67.8 Å². The van der Waals surface area contributed by atoms with Crippen molar-refractivity contribution in [2.24, 2.45) is 0 Å². The molecule has 0 aliphatic heterocycles. The van der Waals surface area contributed by atoms with E-state index in [9.17, 15) is 13.6 Å². The van der Waals surface area contributed by atoms with Crippen molar-refractivity contribution in [3.63, 3.8) is 0 Å². The standard InChI is InChI=1S/C15H11ClF2INO/c1-8(14-11(17)3-2-4-12(14)18)20-15(21)9-5-6-13(19)10(16)7-9/h2-8H,1H3,(H,20,21). The van der Waals surface area contributed by atoms with Crippen LogP contribution in [0.4, 0.5) is 8.78 Å². The second-order valence-corrected chi connectivity index (χ2v) is 6.03. The van der Waals surface area contributed by atoms with Crippen LogP contribution in [0.25, 0.3) is 0 Å². The van der Waals surface area contributed by atoms with Crippen LogP contribution in [0, 0.1) is 15.2 Å². The lowest BCUT2D eigenvalue weighted by Gasteiger charge is -2.16. The van der Waals surface area contributed by atoms with Crippen LogP contribution in [-0.2, 0) is 0 Å². The fraction of sp³-hybridized carbons (Fsp3) is 0.133. The molecule has 0 saturated carbocycles. The molecule has 1 N–H and O–H groups in total. The van der Waals surface area contributed by atoms with Crippen LogP contribution in [0.5, 0.6) is 0 Å². The molecule has 0 aromatic heterocycles. The molecule has 0 aliphatic rings. The number of halogens is 4. The Hall–Kier alpha value is -1.21. The third kappa shape index (κ3) is 3.71. The van der Waals surface area contributed by atoms with Crippen LogP contribution < -0.4 is 5.32 Å². The van der Waals surface area contributed by atoms with Crippen molar-refractivity contribution >= 4 is 40.1 Å². The van der Waals surface area contributed by atoms with Gasteiger partial charge in [-0.1, -0.05) is 17.7 Å². The van der Waals surface area contributed by atoms with Crippen molar-refractivity contribution in [1.82, 2.24) is 5.32 Å². The predicted molar refractivity (Wildman–Crippen MR) is 86.4 cm³/mol. The summed E-state index contributed by atoms with van der Waals surface area (Å²) >= 11 is 8.00. The summed E-state index contributed by atoms with van der Waals surface area (Å²) in [7, 11) is 0. The van der Waals surface area contributed by atoms with E-state index >= 15 is 0 Å². The van der Waals surface area contributed by atoms with Crippen molar-refractivity contribution in [2.45, 2.75) is 13.0 Å². The van der Waals surface area contributed by atoms with E-state index in [2.05, 4.69) is 5.32 Å². The third-order valence-electron chi connectivity index (χ3n) is 2.96. The van der Waals surface area contributed by atoms with Gasteiger partial charge in [0.2, 0.25) is 0 Å². The molecule has 110 valence electrons. The molecule has 2 aromatic carbocycles. The number of hydrogen-bond donors (Lipinski definition) is 1. The van der Waals surface area contributed by atoms with Crippen LogP contribution in [0.1, 0.15) is 28.9 Å².